The largest absolute Gasteiger partial charge is 0.464 e. The number of piperazine rings is 1. The summed E-state index contributed by atoms with van der Waals surface area (Å²) in [4.78, 5) is 13.1. The van der Waals surface area contributed by atoms with Crippen LogP contribution in [0.4, 0.5) is 0 Å². The molecule has 0 saturated carbocycles. The van der Waals surface area contributed by atoms with Gasteiger partial charge in [0.15, 0.2) is 0 Å². The number of rotatable bonds is 5. The number of hydrogen-bond donors (Lipinski definition) is 1. The van der Waals surface area contributed by atoms with Crippen molar-refractivity contribution in [3.05, 3.63) is 18.0 Å². The summed E-state index contributed by atoms with van der Waals surface area (Å²) in [6.07, 6.45) is 3.32. The van der Waals surface area contributed by atoms with E-state index < -0.39 is 0 Å². The van der Waals surface area contributed by atoms with Crippen LogP contribution in [0.15, 0.2) is 12.4 Å². The molecule has 2 saturated heterocycles. The Morgan fingerprint density at radius 2 is 1.95 bits per heavy atom. The van der Waals surface area contributed by atoms with Gasteiger partial charge in [0.05, 0.1) is 32.0 Å². The van der Waals surface area contributed by atoms with Gasteiger partial charge < -0.3 is 14.6 Å². The van der Waals surface area contributed by atoms with Crippen molar-refractivity contribution in [2.24, 2.45) is 0 Å². The molecule has 0 bridgehead atoms. The zero-order valence-electron chi connectivity index (χ0n) is 13.0. The fraction of sp³-hybridized carbons (Fsp3) is 0.733. The molecule has 0 spiro atoms. The van der Waals surface area contributed by atoms with E-state index in [1.165, 1.54) is 0 Å². The highest BCUT2D eigenvalue weighted by Gasteiger charge is 2.33. The number of hydrogen-bond acceptors (Lipinski definition) is 7. The summed E-state index contributed by atoms with van der Waals surface area (Å²) >= 11 is 0. The van der Waals surface area contributed by atoms with Gasteiger partial charge in [0.1, 0.15) is 0 Å². The molecule has 1 N–H and O–H groups in total. The first-order valence-corrected chi connectivity index (χ1v) is 7.92. The Labute approximate surface area is 130 Å². The number of ether oxygens (including phenoxy) is 2. The molecule has 2 atom stereocenters. The zero-order chi connectivity index (χ0) is 15.4. The van der Waals surface area contributed by atoms with Crippen LogP contribution in [-0.2, 0) is 11.3 Å². The second-order valence-corrected chi connectivity index (χ2v) is 5.79. The van der Waals surface area contributed by atoms with Crippen LogP contribution >= 0.6 is 0 Å². The number of nitrogens with zero attached hydrogens (tertiary/aromatic N) is 4. The molecule has 1 aromatic rings. The lowest BCUT2D eigenvalue weighted by molar-refractivity contribution is 0.0422. The second-order valence-electron chi connectivity index (χ2n) is 5.79. The van der Waals surface area contributed by atoms with Crippen molar-refractivity contribution in [2.75, 3.05) is 46.0 Å². The van der Waals surface area contributed by atoms with E-state index in [9.17, 15) is 5.11 Å². The molecule has 1 aromatic heterocycles. The molecule has 3 rings (SSSR count). The maximum absolute atomic E-state index is 9.90. The van der Waals surface area contributed by atoms with Gasteiger partial charge in [-0.05, 0) is 6.92 Å². The third kappa shape index (κ3) is 3.73. The van der Waals surface area contributed by atoms with Crippen LogP contribution in [0.25, 0.3) is 0 Å². The van der Waals surface area contributed by atoms with Crippen LogP contribution in [0, 0.1) is 0 Å². The van der Waals surface area contributed by atoms with Crippen LogP contribution in [0.5, 0.6) is 6.01 Å². The molecular weight excluding hydrogens is 284 g/mol. The third-order valence-electron chi connectivity index (χ3n) is 4.26. The Hall–Kier alpha value is -1.28. The summed E-state index contributed by atoms with van der Waals surface area (Å²) in [6, 6.07) is 0.599. The van der Waals surface area contributed by atoms with E-state index in [4.69, 9.17) is 9.47 Å². The van der Waals surface area contributed by atoms with Crippen molar-refractivity contribution >= 4 is 0 Å². The minimum absolute atomic E-state index is 0.163. The van der Waals surface area contributed by atoms with Gasteiger partial charge in [-0.2, -0.15) is 0 Å². The Balaban J connectivity index is 1.47. The Kier molecular flexibility index (Phi) is 5.20. The van der Waals surface area contributed by atoms with Crippen molar-refractivity contribution < 1.29 is 14.6 Å². The average molecular weight is 308 g/mol. The summed E-state index contributed by atoms with van der Waals surface area (Å²) < 4.78 is 10.6. The third-order valence-corrected chi connectivity index (χ3v) is 4.26. The first kappa shape index (κ1) is 15.6. The van der Waals surface area contributed by atoms with Crippen LogP contribution in [-0.4, -0.2) is 83.0 Å². The van der Waals surface area contributed by atoms with Crippen LogP contribution < -0.4 is 4.74 Å². The molecule has 3 heterocycles. The average Bonchev–Trinajstić information content (AvgIpc) is 2.96. The maximum atomic E-state index is 9.90. The van der Waals surface area contributed by atoms with Crippen molar-refractivity contribution in [3.63, 3.8) is 0 Å². The van der Waals surface area contributed by atoms with E-state index in [0.717, 1.165) is 38.3 Å². The Morgan fingerprint density at radius 1 is 1.23 bits per heavy atom. The summed E-state index contributed by atoms with van der Waals surface area (Å²) in [5, 5.41) is 9.90. The standard InChI is InChI=1S/C15H24N4O3/c1-2-22-15-16-7-12(8-17-15)9-18-3-5-19(6-4-18)13-10-21-11-14(13)20/h7-8,13-14,20H,2-6,9-11H2,1H3/t13-,14-/m1/s1. The normalized spacial score (nSPS) is 27.2. The molecule has 7 nitrogen and oxygen atoms in total. The van der Waals surface area contributed by atoms with E-state index in [-0.39, 0.29) is 12.1 Å². The SMILES string of the molecule is CCOc1ncc(CN2CCN([C@@H]3COC[C@H]3O)CC2)cn1. The van der Waals surface area contributed by atoms with Gasteiger partial charge in [-0.25, -0.2) is 9.97 Å². The van der Waals surface area contributed by atoms with Gasteiger partial charge in [-0.1, -0.05) is 0 Å². The van der Waals surface area contributed by atoms with E-state index >= 15 is 0 Å². The smallest absolute Gasteiger partial charge is 0.316 e. The summed E-state index contributed by atoms with van der Waals surface area (Å²) in [6.45, 7) is 8.35. The lowest BCUT2D eigenvalue weighted by atomic mass is 10.1. The summed E-state index contributed by atoms with van der Waals surface area (Å²) in [5.74, 6) is 0. The first-order valence-electron chi connectivity index (χ1n) is 7.92. The van der Waals surface area contributed by atoms with Crippen molar-refractivity contribution in [1.82, 2.24) is 19.8 Å². The molecule has 0 unspecified atom stereocenters. The number of aliphatic hydroxyl groups excluding tert-OH is 1. The molecule has 2 aliphatic rings. The monoisotopic (exact) mass is 308 g/mol. The molecule has 0 radical (unpaired) electrons. The summed E-state index contributed by atoms with van der Waals surface area (Å²) in [7, 11) is 0. The second kappa shape index (κ2) is 7.32. The molecule has 2 aliphatic heterocycles. The fourth-order valence-corrected chi connectivity index (χ4v) is 3.02. The fourth-order valence-electron chi connectivity index (χ4n) is 3.02. The van der Waals surface area contributed by atoms with Crippen LogP contribution in [0.3, 0.4) is 0 Å². The molecule has 0 aliphatic carbocycles. The van der Waals surface area contributed by atoms with E-state index in [1.807, 2.05) is 19.3 Å². The molecule has 122 valence electrons. The van der Waals surface area contributed by atoms with Crippen LogP contribution in [0.1, 0.15) is 12.5 Å². The van der Waals surface area contributed by atoms with Gasteiger partial charge in [0.2, 0.25) is 0 Å². The highest BCUT2D eigenvalue weighted by molar-refractivity contribution is 5.07. The van der Waals surface area contributed by atoms with Crippen molar-refractivity contribution in [1.29, 1.82) is 0 Å². The Bertz CT molecular complexity index is 462. The first-order chi connectivity index (χ1) is 10.8. The number of aliphatic hydroxyl groups is 1. The predicted molar refractivity (Wildman–Crippen MR) is 80.7 cm³/mol. The maximum Gasteiger partial charge on any atom is 0.316 e. The minimum Gasteiger partial charge on any atom is -0.464 e. The van der Waals surface area contributed by atoms with Gasteiger partial charge >= 0.3 is 6.01 Å². The summed E-state index contributed by atoms with van der Waals surface area (Å²) in [5.41, 5.74) is 1.10. The quantitative estimate of drug-likeness (QED) is 0.804. The van der Waals surface area contributed by atoms with Gasteiger partial charge in [-0.3, -0.25) is 9.80 Å². The van der Waals surface area contributed by atoms with E-state index in [0.29, 0.717) is 25.8 Å². The highest BCUT2D eigenvalue weighted by atomic mass is 16.5. The highest BCUT2D eigenvalue weighted by Crippen LogP contribution is 2.16. The molecular formula is C15H24N4O3. The molecule has 22 heavy (non-hydrogen) atoms. The van der Waals surface area contributed by atoms with Crippen molar-refractivity contribution in [2.45, 2.75) is 25.6 Å². The Morgan fingerprint density at radius 3 is 2.55 bits per heavy atom. The van der Waals surface area contributed by atoms with Crippen molar-refractivity contribution in [3.8, 4) is 6.01 Å². The van der Waals surface area contributed by atoms with Gasteiger partial charge in [0, 0.05) is 50.7 Å². The van der Waals surface area contributed by atoms with Gasteiger partial charge in [-0.15, -0.1) is 0 Å². The lowest BCUT2D eigenvalue weighted by Gasteiger charge is -2.38. The molecule has 0 aromatic carbocycles. The van der Waals surface area contributed by atoms with Gasteiger partial charge in [0.25, 0.3) is 0 Å². The minimum atomic E-state index is -0.342. The number of aromatic nitrogens is 2. The predicted octanol–water partition coefficient (Wildman–Crippen LogP) is -0.247. The topological polar surface area (TPSA) is 71.0 Å². The van der Waals surface area contributed by atoms with E-state index in [1.54, 1.807) is 0 Å². The molecule has 2 fully saturated rings. The van der Waals surface area contributed by atoms with E-state index in [2.05, 4.69) is 19.8 Å². The van der Waals surface area contributed by atoms with Crippen LogP contribution in [0.2, 0.25) is 0 Å². The zero-order valence-corrected chi connectivity index (χ0v) is 13.0. The lowest BCUT2D eigenvalue weighted by Crippen LogP contribution is -2.53. The molecule has 0 amide bonds. The molecule has 7 heteroatoms.